The highest BCUT2D eigenvalue weighted by Gasteiger charge is 2.61. The van der Waals surface area contributed by atoms with Gasteiger partial charge in [0.1, 0.15) is 5.75 Å². The fraction of sp³-hybridized carbons (Fsp3) is 0.393. The predicted molar refractivity (Wildman–Crippen MR) is 139 cm³/mol. The van der Waals surface area contributed by atoms with Crippen molar-refractivity contribution in [2.45, 2.75) is 51.5 Å². The van der Waals surface area contributed by atoms with Crippen molar-refractivity contribution >= 4 is 17.7 Å². The number of phenolic OH excluding ortho intramolecular Hbond substituents is 1. The largest absolute Gasteiger partial charge is 0.508 e. The van der Waals surface area contributed by atoms with Crippen molar-refractivity contribution < 1.29 is 29.7 Å². The Labute approximate surface area is 216 Å². The molecule has 3 rings (SSSR count). The molecule has 5 N–H and O–H groups in total. The highest BCUT2D eigenvalue weighted by Crippen LogP contribution is 2.44. The first-order valence-corrected chi connectivity index (χ1v) is 12.2. The molecule has 2 aromatic carbocycles. The molecule has 1 saturated heterocycles. The third kappa shape index (κ3) is 5.52. The Balaban J connectivity index is 1.93. The van der Waals surface area contributed by atoms with Crippen LogP contribution in [0.25, 0.3) is 0 Å². The van der Waals surface area contributed by atoms with Gasteiger partial charge in [-0.25, -0.2) is 0 Å². The van der Waals surface area contributed by atoms with Gasteiger partial charge in [-0.1, -0.05) is 56.3 Å². The van der Waals surface area contributed by atoms with E-state index in [9.17, 15) is 29.7 Å². The summed E-state index contributed by atoms with van der Waals surface area (Å²) >= 11 is 0. The summed E-state index contributed by atoms with van der Waals surface area (Å²) in [4.78, 5) is 40.7. The van der Waals surface area contributed by atoms with Crippen LogP contribution in [0.3, 0.4) is 0 Å². The second kappa shape index (κ2) is 11.1. The third-order valence-electron chi connectivity index (χ3n) is 7.08. The normalized spacial score (nSPS) is 20.1. The van der Waals surface area contributed by atoms with Crippen LogP contribution in [0, 0.1) is 12.3 Å². The van der Waals surface area contributed by atoms with Crippen LogP contribution in [0.4, 0.5) is 0 Å². The summed E-state index contributed by atoms with van der Waals surface area (Å²) in [5, 5.41) is 38.1. The number of phenols is 1. The molecule has 0 unspecified atom stereocenters. The topological polar surface area (TPSA) is 139 Å². The van der Waals surface area contributed by atoms with Crippen LogP contribution in [0.5, 0.6) is 5.75 Å². The molecule has 1 fully saturated rings. The fourth-order valence-electron chi connectivity index (χ4n) is 4.64. The molecule has 198 valence electrons. The van der Waals surface area contributed by atoms with Crippen molar-refractivity contribution in [2.75, 3.05) is 13.1 Å². The molecule has 3 atom stereocenters. The third-order valence-corrected chi connectivity index (χ3v) is 7.08. The van der Waals surface area contributed by atoms with Crippen LogP contribution in [-0.4, -0.2) is 68.9 Å². The molecule has 2 aromatic rings. The lowest BCUT2D eigenvalue weighted by molar-refractivity contribution is -0.188. The van der Waals surface area contributed by atoms with Crippen molar-refractivity contribution in [3.05, 3.63) is 77.9 Å². The van der Waals surface area contributed by atoms with Crippen LogP contribution in [0.2, 0.25) is 0 Å². The minimum atomic E-state index is -2.21. The number of aliphatic hydroxyl groups excluding tert-OH is 1. The molecule has 0 bridgehead atoms. The number of hydrogen-bond donors (Lipinski definition) is 5. The maximum Gasteiger partial charge on any atom is 0.274 e. The zero-order valence-corrected chi connectivity index (χ0v) is 21.4. The molecular weight excluding hydrogens is 474 g/mol. The van der Waals surface area contributed by atoms with E-state index >= 15 is 0 Å². The van der Waals surface area contributed by atoms with E-state index in [1.54, 1.807) is 45.0 Å². The number of benzene rings is 2. The van der Waals surface area contributed by atoms with E-state index in [0.717, 1.165) is 10.5 Å². The van der Waals surface area contributed by atoms with Gasteiger partial charge < -0.3 is 30.9 Å². The summed E-state index contributed by atoms with van der Waals surface area (Å²) in [7, 11) is 0. The predicted octanol–water partition coefficient (Wildman–Crippen LogP) is 1.65. The Morgan fingerprint density at radius 1 is 1.14 bits per heavy atom. The minimum absolute atomic E-state index is 0.0402. The SMILES string of the molecule is C=CCNC(=O)[C@]1(O)N(C(=O)[C@@H](O)[C@H](Cc2ccccc2)NC(=O)c2cccc(O)c2C)CCC1(C)C. The maximum absolute atomic E-state index is 13.6. The smallest absolute Gasteiger partial charge is 0.274 e. The van der Waals surface area contributed by atoms with Gasteiger partial charge in [-0.15, -0.1) is 6.58 Å². The van der Waals surface area contributed by atoms with E-state index in [-0.39, 0.29) is 30.8 Å². The average molecular weight is 510 g/mol. The first-order chi connectivity index (χ1) is 17.4. The molecule has 0 aromatic heterocycles. The Morgan fingerprint density at radius 2 is 1.81 bits per heavy atom. The van der Waals surface area contributed by atoms with Gasteiger partial charge in [-0.2, -0.15) is 0 Å². The molecule has 1 heterocycles. The van der Waals surface area contributed by atoms with Crippen molar-refractivity contribution in [3.8, 4) is 5.75 Å². The van der Waals surface area contributed by atoms with E-state index in [1.165, 1.54) is 24.3 Å². The summed E-state index contributed by atoms with van der Waals surface area (Å²) in [6.45, 7) is 8.63. The van der Waals surface area contributed by atoms with Crippen LogP contribution in [0.1, 0.15) is 41.8 Å². The number of amides is 3. The van der Waals surface area contributed by atoms with Gasteiger partial charge in [-0.3, -0.25) is 14.4 Å². The summed E-state index contributed by atoms with van der Waals surface area (Å²) in [5.41, 5.74) is -1.90. The molecule has 9 heteroatoms. The van der Waals surface area contributed by atoms with Gasteiger partial charge in [0.25, 0.3) is 17.7 Å². The van der Waals surface area contributed by atoms with Gasteiger partial charge in [0.05, 0.1) is 6.04 Å². The first kappa shape index (κ1) is 27.9. The van der Waals surface area contributed by atoms with E-state index in [1.807, 2.05) is 6.07 Å². The van der Waals surface area contributed by atoms with Crippen LogP contribution in [-0.2, 0) is 16.0 Å². The molecule has 1 aliphatic rings. The number of nitrogens with zero attached hydrogens (tertiary/aromatic N) is 1. The Kier molecular flexibility index (Phi) is 8.40. The zero-order valence-electron chi connectivity index (χ0n) is 21.4. The fourth-order valence-corrected chi connectivity index (χ4v) is 4.64. The number of nitrogens with one attached hydrogen (secondary N) is 2. The van der Waals surface area contributed by atoms with Crippen molar-refractivity contribution in [1.29, 1.82) is 0 Å². The Bertz CT molecular complexity index is 1170. The van der Waals surface area contributed by atoms with Crippen LogP contribution >= 0.6 is 0 Å². The molecule has 3 amide bonds. The lowest BCUT2D eigenvalue weighted by atomic mass is 9.80. The second-order valence-electron chi connectivity index (χ2n) is 9.96. The standard InChI is InChI=1S/C28H35N3O6/c1-5-15-29-26(36)28(37)27(3,4)14-16-31(28)25(35)23(33)21(17-19-10-7-6-8-11-19)30-24(34)20-12-9-13-22(32)18(20)2/h5-13,21,23,32-33,37H,1,14-17H2,2-4H3,(H,29,36)(H,30,34)/t21-,23-,28+/m0/s1. The lowest BCUT2D eigenvalue weighted by Crippen LogP contribution is -2.66. The quantitative estimate of drug-likeness (QED) is 0.326. The maximum atomic E-state index is 13.6. The highest BCUT2D eigenvalue weighted by molar-refractivity contribution is 5.97. The monoisotopic (exact) mass is 509 g/mol. The van der Waals surface area contributed by atoms with Gasteiger partial charge in [0.2, 0.25) is 5.72 Å². The Hall–Kier alpha value is -3.69. The summed E-state index contributed by atoms with van der Waals surface area (Å²) < 4.78 is 0. The minimum Gasteiger partial charge on any atom is -0.508 e. The van der Waals surface area contributed by atoms with Gasteiger partial charge >= 0.3 is 0 Å². The van der Waals surface area contributed by atoms with E-state index in [0.29, 0.717) is 12.0 Å². The van der Waals surface area contributed by atoms with Crippen molar-refractivity contribution in [2.24, 2.45) is 5.41 Å². The molecular formula is C28H35N3O6. The Morgan fingerprint density at radius 3 is 2.46 bits per heavy atom. The molecule has 9 nitrogen and oxygen atoms in total. The lowest BCUT2D eigenvalue weighted by Gasteiger charge is -2.41. The van der Waals surface area contributed by atoms with Gasteiger partial charge in [-0.05, 0) is 37.5 Å². The average Bonchev–Trinajstić information content (AvgIpc) is 3.12. The van der Waals surface area contributed by atoms with Crippen molar-refractivity contribution in [1.82, 2.24) is 15.5 Å². The van der Waals surface area contributed by atoms with E-state index < -0.39 is 41.0 Å². The zero-order chi connectivity index (χ0) is 27.4. The van der Waals surface area contributed by atoms with E-state index in [4.69, 9.17) is 0 Å². The molecule has 1 aliphatic heterocycles. The molecule has 0 radical (unpaired) electrons. The number of aromatic hydroxyl groups is 1. The number of carbonyl (C=O) groups is 3. The van der Waals surface area contributed by atoms with E-state index in [2.05, 4.69) is 17.2 Å². The number of rotatable bonds is 9. The molecule has 0 saturated carbocycles. The number of likely N-dealkylation sites (tertiary alicyclic amines) is 1. The summed E-state index contributed by atoms with van der Waals surface area (Å²) in [5.74, 6) is -2.29. The number of hydrogen-bond acceptors (Lipinski definition) is 6. The summed E-state index contributed by atoms with van der Waals surface area (Å²) in [6, 6.07) is 12.4. The molecule has 37 heavy (non-hydrogen) atoms. The second-order valence-corrected chi connectivity index (χ2v) is 9.96. The van der Waals surface area contributed by atoms with Gasteiger partial charge in [0.15, 0.2) is 6.10 Å². The molecule has 0 aliphatic carbocycles. The van der Waals surface area contributed by atoms with Crippen molar-refractivity contribution in [3.63, 3.8) is 0 Å². The molecule has 0 spiro atoms. The number of carbonyl (C=O) groups excluding carboxylic acids is 3. The number of aliphatic hydroxyl groups is 2. The highest BCUT2D eigenvalue weighted by atomic mass is 16.3. The summed E-state index contributed by atoms with van der Waals surface area (Å²) in [6.07, 6.45) is 0.116. The van der Waals surface area contributed by atoms with Crippen LogP contribution in [0.15, 0.2) is 61.2 Å². The van der Waals surface area contributed by atoms with Gasteiger partial charge in [0, 0.05) is 29.6 Å². The first-order valence-electron chi connectivity index (χ1n) is 12.2. The van der Waals surface area contributed by atoms with Crippen LogP contribution < -0.4 is 10.6 Å².